The van der Waals surface area contributed by atoms with Crippen LogP contribution in [0.15, 0.2) is 4.79 Å². The predicted molar refractivity (Wildman–Crippen MR) is 109 cm³/mol. The highest BCUT2D eigenvalue weighted by Crippen LogP contribution is 2.33. The van der Waals surface area contributed by atoms with E-state index in [-0.39, 0.29) is 17.6 Å². The molecule has 156 valence electrons. The lowest BCUT2D eigenvalue weighted by molar-refractivity contribution is 0.174. The number of hydrogen-bond acceptors (Lipinski definition) is 3. The zero-order valence-corrected chi connectivity index (χ0v) is 17.2. The van der Waals surface area contributed by atoms with E-state index in [1.165, 1.54) is 43.2 Å². The number of aryl methyl sites for hydroxylation is 1. The number of rotatable bonds is 3. The van der Waals surface area contributed by atoms with Gasteiger partial charge in [-0.25, -0.2) is 14.3 Å². The first kappa shape index (κ1) is 19.5. The third-order valence-corrected chi connectivity index (χ3v) is 7.00. The number of carbonyl (C=O) groups is 1. The highest BCUT2D eigenvalue weighted by atomic mass is 16.2. The summed E-state index contributed by atoms with van der Waals surface area (Å²) in [6.45, 7) is 1.50. The zero-order valence-electron chi connectivity index (χ0n) is 17.2. The topological polar surface area (TPSA) is 72.2 Å². The number of amides is 2. The van der Waals surface area contributed by atoms with E-state index in [4.69, 9.17) is 0 Å². The van der Waals surface area contributed by atoms with E-state index < -0.39 is 0 Å². The molecular weight excluding hydrogens is 354 g/mol. The molecule has 3 fully saturated rings. The van der Waals surface area contributed by atoms with Gasteiger partial charge in [0.25, 0.3) is 0 Å². The molecule has 4 rings (SSSR count). The number of carbonyl (C=O) groups excluding carboxylic acids is 1. The fourth-order valence-corrected chi connectivity index (χ4v) is 5.31. The second kappa shape index (κ2) is 8.70. The summed E-state index contributed by atoms with van der Waals surface area (Å²) in [4.78, 5) is 27.3. The van der Waals surface area contributed by atoms with E-state index in [1.54, 1.807) is 7.05 Å². The Morgan fingerprint density at radius 1 is 0.929 bits per heavy atom. The maximum Gasteiger partial charge on any atom is 0.345 e. The average Bonchev–Trinajstić information content (AvgIpc) is 3.24. The van der Waals surface area contributed by atoms with Gasteiger partial charge in [-0.1, -0.05) is 38.5 Å². The van der Waals surface area contributed by atoms with Gasteiger partial charge >= 0.3 is 11.7 Å². The molecule has 1 N–H and O–H groups in total. The van der Waals surface area contributed by atoms with Crippen molar-refractivity contribution in [1.82, 2.24) is 24.6 Å². The molecule has 3 aliphatic rings. The quantitative estimate of drug-likeness (QED) is 0.806. The minimum absolute atomic E-state index is 0.0236. The normalized spacial score (nSPS) is 23.1. The summed E-state index contributed by atoms with van der Waals surface area (Å²) in [5.74, 6) is 1.22. The lowest BCUT2D eigenvalue weighted by atomic mass is 9.95. The molecular formula is C21H35N5O2. The molecule has 0 bridgehead atoms. The monoisotopic (exact) mass is 389 g/mol. The van der Waals surface area contributed by atoms with Crippen LogP contribution in [0.3, 0.4) is 0 Å². The second-order valence-electron chi connectivity index (χ2n) is 8.97. The van der Waals surface area contributed by atoms with Crippen molar-refractivity contribution in [3.63, 3.8) is 0 Å². The fourth-order valence-electron chi connectivity index (χ4n) is 5.31. The molecule has 7 nitrogen and oxygen atoms in total. The number of piperidine rings is 1. The first-order valence-corrected chi connectivity index (χ1v) is 11.3. The number of nitrogens with zero attached hydrogens (tertiary/aromatic N) is 4. The van der Waals surface area contributed by atoms with Crippen LogP contribution in [0.5, 0.6) is 0 Å². The summed E-state index contributed by atoms with van der Waals surface area (Å²) >= 11 is 0. The van der Waals surface area contributed by atoms with Gasteiger partial charge < -0.3 is 10.2 Å². The Balaban J connectivity index is 1.37. The van der Waals surface area contributed by atoms with Crippen molar-refractivity contribution in [3.8, 4) is 0 Å². The van der Waals surface area contributed by atoms with E-state index in [0.29, 0.717) is 12.1 Å². The summed E-state index contributed by atoms with van der Waals surface area (Å²) < 4.78 is 3.47. The Hall–Kier alpha value is -1.79. The van der Waals surface area contributed by atoms with Gasteiger partial charge in [-0.05, 0) is 38.5 Å². The van der Waals surface area contributed by atoms with E-state index >= 15 is 0 Å². The highest BCUT2D eigenvalue weighted by molar-refractivity contribution is 5.74. The Bertz CT molecular complexity index is 718. The van der Waals surface area contributed by atoms with Gasteiger partial charge in [0.1, 0.15) is 5.82 Å². The van der Waals surface area contributed by atoms with Crippen molar-refractivity contribution in [2.24, 2.45) is 7.05 Å². The SMILES string of the molecule is Cn1nc(C2CCN(C(=O)NC3CCCCCC3)CC2)n(C2CCCC2)c1=O. The van der Waals surface area contributed by atoms with Crippen LogP contribution >= 0.6 is 0 Å². The van der Waals surface area contributed by atoms with Gasteiger partial charge in [-0.3, -0.25) is 4.57 Å². The molecule has 1 saturated heterocycles. The van der Waals surface area contributed by atoms with Gasteiger partial charge in [-0.15, -0.1) is 0 Å². The van der Waals surface area contributed by atoms with Crippen LogP contribution in [-0.4, -0.2) is 44.4 Å². The third kappa shape index (κ3) is 4.13. The van der Waals surface area contributed by atoms with E-state index in [9.17, 15) is 9.59 Å². The smallest absolute Gasteiger partial charge is 0.335 e. The summed E-state index contributed by atoms with van der Waals surface area (Å²) in [5, 5.41) is 7.86. The summed E-state index contributed by atoms with van der Waals surface area (Å²) in [7, 11) is 1.76. The molecule has 2 heterocycles. The van der Waals surface area contributed by atoms with Crippen molar-refractivity contribution in [1.29, 1.82) is 0 Å². The van der Waals surface area contributed by atoms with E-state index in [0.717, 1.165) is 57.4 Å². The fraction of sp³-hybridized carbons (Fsp3) is 0.857. The van der Waals surface area contributed by atoms with Crippen molar-refractivity contribution < 1.29 is 4.79 Å². The first-order valence-electron chi connectivity index (χ1n) is 11.3. The van der Waals surface area contributed by atoms with Crippen LogP contribution < -0.4 is 11.0 Å². The molecule has 1 aromatic heterocycles. The van der Waals surface area contributed by atoms with Crippen LogP contribution in [0.25, 0.3) is 0 Å². The standard InChI is InChI=1S/C21H35N5O2/c1-24-21(28)26(18-10-6-7-11-18)19(23-24)16-12-14-25(15-13-16)20(27)22-17-8-4-2-3-5-9-17/h16-18H,2-15H2,1H3,(H,22,27). The lowest BCUT2D eigenvalue weighted by Crippen LogP contribution is -2.47. The second-order valence-corrected chi connectivity index (χ2v) is 8.97. The van der Waals surface area contributed by atoms with E-state index in [2.05, 4.69) is 10.4 Å². The Morgan fingerprint density at radius 2 is 1.54 bits per heavy atom. The van der Waals surface area contributed by atoms with E-state index in [1.807, 2.05) is 9.47 Å². The molecule has 28 heavy (non-hydrogen) atoms. The van der Waals surface area contributed by atoms with Crippen LogP contribution in [0.1, 0.15) is 94.8 Å². The lowest BCUT2D eigenvalue weighted by Gasteiger charge is -2.33. The molecule has 1 aromatic rings. The molecule has 7 heteroatoms. The zero-order chi connectivity index (χ0) is 19.5. The maximum absolute atomic E-state index is 12.7. The van der Waals surface area contributed by atoms with Crippen molar-refractivity contribution >= 4 is 6.03 Å². The van der Waals surface area contributed by atoms with Crippen LogP contribution in [-0.2, 0) is 7.05 Å². The minimum Gasteiger partial charge on any atom is -0.335 e. The van der Waals surface area contributed by atoms with Gasteiger partial charge in [0.15, 0.2) is 0 Å². The highest BCUT2D eigenvalue weighted by Gasteiger charge is 2.31. The maximum atomic E-state index is 12.7. The predicted octanol–water partition coefficient (Wildman–Crippen LogP) is 3.31. The molecule has 0 unspecified atom stereocenters. The van der Waals surface area contributed by atoms with Crippen LogP contribution in [0, 0.1) is 0 Å². The molecule has 0 radical (unpaired) electrons. The first-order chi connectivity index (χ1) is 13.6. The number of aromatic nitrogens is 3. The Morgan fingerprint density at radius 3 is 2.18 bits per heavy atom. The number of urea groups is 1. The summed E-state index contributed by atoms with van der Waals surface area (Å²) in [6.07, 6.45) is 13.6. The Kier molecular flexibility index (Phi) is 6.07. The van der Waals surface area contributed by atoms with Gasteiger partial charge in [0, 0.05) is 38.1 Å². The number of nitrogens with one attached hydrogen (secondary N) is 1. The van der Waals surface area contributed by atoms with Crippen LogP contribution in [0.2, 0.25) is 0 Å². The van der Waals surface area contributed by atoms with Crippen molar-refractivity contribution in [2.45, 2.75) is 95.1 Å². The molecule has 0 aromatic carbocycles. The van der Waals surface area contributed by atoms with Crippen LogP contribution in [0.4, 0.5) is 4.79 Å². The third-order valence-electron chi connectivity index (χ3n) is 7.00. The molecule has 2 saturated carbocycles. The minimum atomic E-state index is 0.0236. The number of likely N-dealkylation sites (tertiary alicyclic amines) is 1. The molecule has 2 aliphatic carbocycles. The average molecular weight is 390 g/mol. The summed E-state index contributed by atoms with van der Waals surface area (Å²) in [6, 6.07) is 0.753. The molecule has 1 aliphatic heterocycles. The van der Waals surface area contributed by atoms with Gasteiger partial charge in [0.05, 0.1) is 0 Å². The van der Waals surface area contributed by atoms with Gasteiger partial charge in [-0.2, -0.15) is 5.10 Å². The molecule has 0 atom stereocenters. The van der Waals surface area contributed by atoms with Gasteiger partial charge in [0.2, 0.25) is 0 Å². The largest absolute Gasteiger partial charge is 0.345 e. The Labute approximate surface area is 167 Å². The molecule has 2 amide bonds. The summed E-state index contributed by atoms with van der Waals surface area (Å²) in [5.41, 5.74) is 0.0236. The van der Waals surface area contributed by atoms with Crippen molar-refractivity contribution in [2.75, 3.05) is 13.1 Å². The molecule has 0 spiro atoms. The van der Waals surface area contributed by atoms with Crippen molar-refractivity contribution in [3.05, 3.63) is 16.3 Å². The number of hydrogen-bond donors (Lipinski definition) is 1.